The van der Waals surface area contributed by atoms with Gasteiger partial charge >= 0.3 is 0 Å². The van der Waals surface area contributed by atoms with Gasteiger partial charge in [0.05, 0.1) is 0 Å². The van der Waals surface area contributed by atoms with Crippen molar-refractivity contribution in [3.05, 3.63) is 47.1 Å². The Morgan fingerprint density at radius 1 is 1.25 bits per heavy atom. The molecule has 0 heterocycles. The first-order valence-electron chi connectivity index (χ1n) is 5.91. The van der Waals surface area contributed by atoms with Crippen molar-refractivity contribution in [2.24, 2.45) is 0 Å². The van der Waals surface area contributed by atoms with Crippen LogP contribution in [-0.4, -0.2) is 0 Å². The highest BCUT2D eigenvalue weighted by Gasteiger charge is 2.36. The highest BCUT2D eigenvalue weighted by Crippen LogP contribution is 2.50. The van der Waals surface area contributed by atoms with Crippen LogP contribution >= 0.6 is 0 Å². The minimum absolute atomic E-state index is 0.148. The van der Waals surface area contributed by atoms with E-state index < -0.39 is 0 Å². The highest BCUT2D eigenvalue weighted by atomic mass is 14.5. The summed E-state index contributed by atoms with van der Waals surface area (Å²) in [4.78, 5) is 0. The predicted molar refractivity (Wildman–Crippen MR) is 69.2 cm³/mol. The van der Waals surface area contributed by atoms with Crippen molar-refractivity contribution in [2.45, 2.75) is 32.1 Å². The van der Waals surface area contributed by atoms with E-state index in [1.165, 1.54) is 22.3 Å². The van der Waals surface area contributed by atoms with Crippen LogP contribution in [0.2, 0.25) is 0 Å². The van der Waals surface area contributed by atoms with Crippen molar-refractivity contribution >= 4 is 11.3 Å². The number of fused-ring (bicyclic) bond motifs is 2. The molecule has 1 nitrogen and oxygen atoms in total. The van der Waals surface area contributed by atoms with E-state index in [0.717, 1.165) is 18.5 Å². The number of hydrogen-bond donors (Lipinski definition) is 1. The molecule has 1 aromatic rings. The Labute approximate surface area is 96.7 Å². The fraction of sp³-hybridized carbons (Fsp3) is 0.333. The number of anilines is 1. The average molecular weight is 211 g/mol. The lowest BCUT2D eigenvalue weighted by Crippen LogP contribution is -2.16. The Balaban J connectivity index is 2.29. The Morgan fingerprint density at radius 3 is 2.88 bits per heavy atom. The third kappa shape index (κ3) is 1.12. The van der Waals surface area contributed by atoms with Gasteiger partial charge in [-0.05, 0) is 47.2 Å². The van der Waals surface area contributed by atoms with Crippen LogP contribution in [0.1, 0.15) is 37.8 Å². The standard InChI is InChI=1S/C15H17N/c1-15(2)13-6-4-3-5-11(13)12-9-10(16)7-8-14(12)15/h4,6-9H,3,5,16H2,1-2H3. The summed E-state index contributed by atoms with van der Waals surface area (Å²) < 4.78 is 0. The van der Waals surface area contributed by atoms with Crippen molar-refractivity contribution in [1.82, 2.24) is 0 Å². The molecular formula is C15H17N. The summed E-state index contributed by atoms with van der Waals surface area (Å²) in [6, 6.07) is 6.35. The smallest absolute Gasteiger partial charge is 0.0320 e. The van der Waals surface area contributed by atoms with E-state index in [1.54, 1.807) is 0 Å². The maximum atomic E-state index is 5.90. The van der Waals surface area contributed by atoms with E-state index in [2.05, 4.69) is 38.1 Å². The number of allylic oxidation sites excluding steroid dienone is 4. The maximum absolute atomic E-state index is 5.90. The zero-order chi connectivity index (χ0) is 11.3. The maximum Gasteiger partial charge on any atom is 0.0320 e. The fourth-order valence-electron chi connectivity index (χ4n) is 3.03. The zero-order valence-corrected chi connectivity index (χ0v) is 9.88. The van der Waals surface area contributed by atoms with Crippen LogP contribution in [0.25, 0.3) is 5.57 Å². The third-order valence-electron chi connectivity index (χ3n) is 3.89. The molecule has 0 bridgehead atoms. The molecule has 0 radical (unpaired) electrons. The molecule has 0 unspecified atom stereocenters. The summed E-state index contributed by atoms with van der Waals surface area (Å²) in [7, 11) is 0. The minimum Gasteiger partial charge on any atom is -0.399 e. The topological polar surface area (TPSA) is 26.0 Å². The molecule has 2 aliphatic carbocycles. The van der Waals surface area contributed by atoms with Gasteiger partial charge in [-0.15, -0.1) is 0 Å². The van der Waals surface area contributed by atoms with E-state index in [0.29, 0.717) is 0 Å². The van der Waals surface area contributed by atoms with Crippen molar-refractivity contribution < 1.29 is 0 Å². The van der Waals surface area contributed by atoms with Gasteiger partial charge in [0.15, 0.2) is 0 Å². The molecule has 0 saturated heterocycles. The summed E-state index contributed by atoms with van der Waals surface area (Å²) >= 11 is 0. The number of nitrogens with two attached hydrogens (primary N) is 1. The van der Waals surface area contributed by atoms with Gasteiger partial charge in [0.25, 0.3) is 0 Å². The third-order valence-corrected chi connectivity index (χ3v) is 3.89. The monoisotopic (exact) mass is 211 g/mol. The van der Waals surface area contributed by atoms with Gasteiger partial charge in [-0.3, -0.25) is 0 Å². The molecule has 0 spiro atoms. The molecule has 1 heteroatoms. The van der Waals surface area contributed by atoms with E-state index >= 15 is 0 Å². The largest absolute Gasteiger partial charge is 0.399 e. The molecule has 0 atom stereocenters. The number of rotatable bonds is 0. The fourth-order valence-corrected chi connectivity index (χ4v) is 3.03. The molecule has 2 N–H and O–H groups in total. The molecule has 1 aromatic carbocycles. The second kappa shape index (κ2) is 3.00. The highest BCUT2D eigenvalue weighted by molar-refractivity contribution is 5.84. The first kappa shape index (κ1) is 9.71. The Kier molecular flexibility index (Phi) is 1.82. The van der Waals surface area contributed by atoms with Crippen LogP contribution in [-0.2, 0) is 5.41 Å². The molecule has 0 amide bonds. The van der Waals surface area contributed by atoms with Gasteiger partial charge in [0.2, 0.25) is 0 Å². The van der Waals surface area contributed by atoms with Gasteiger partial charge in [-0.25, -0.2) is 0 Å². The number of nitrogen functional groups attached to an aromatic ring is 1. The second-order valence-electron chi connectivity index (χ2n) is 5.26. The summed E-state index contributed by atoms with van der Waals surface area (Å²) in [6.07, 6.45) is 6.90. The van der Waals surface area contributed by atoms with Crippen molar-refractivity contribution in [3.8, 4) is 0 Å². The average Bonchev–Trinajstić information content (AvgIpc) is 2.49. The first-order chi connectivity index (χ1) is 7.60. The van der Waals surface area contributed by atoms with Gasteiger partial charge in [-0.2, -0.15) is 0 Å². The summed E-state index contributed by atoms with van der Waals surface area (Å²) in [5, 5.41) is 0. The number of benzene rings is 1. The second-order valence-corrected chi connectivity index (χ2v) is 5.26. The van der Waals surface area contributed by atoms with Crippen LogP contribution in [0.3, 0.4) is 0 Å². The van der Waals surface area contributed by atoms with Gasteiger partial charge in [0.1, 0.15) is 0 Å². The van der Waals surface area contributed by atoms with E-state index in [1.807, 2.05) is 6.07 Å². The van der Waals surface area contributed by atoms with Crippen molar-refractivity contribution in [2.75, 3.05) is 5.73 Å². The molecule has 3 rings (SSSR count). The van der Waals surface area contributed by atoms with Crippen molar-refractivity contribution in [3.63, 3.8) is 0 Å². The van der Waals surface area contributed by atoms with Gasteiger partial charge in [-0.1, -0.05) is 32.1 Å². The lowest BCUT2D eigenvalue weighted by atomic mass is 9.80. The summed E-state index contributed by atoms with van der Waals surface area (Å²) in [5.74, 6) is 0. The summed E-state index contributed by atoms with van der Waals surface area (Å²) in [6.45, 7) is 4.61. The predicted octanol–water partition coefficient (Wildman–Crippen LogP) is 3.66. The number of hydrogen-bond acceptors (Lipinski definition) is 1. The van der Waals surface area contributed by atoms with Gasteiger partial charge in [0, 0.05) is 11.1 Å². The van der Waals surface area contributed by atoms with E-state index in [-0.39, 0.29) is 5.41 Å². The van der Waals surface area contributed by atoms with Crippen molar-refractivity contribution in [1.29, 1.82) is 0 Å². The Bertz CT molecular complexity index is 518. The van der Waals surface area contributed by atoms with Crippen LogP contribution in [0.4, 0.5) is 5.69 Å². The van der Waals surface area contributed by atoms with Gasteiger partial charge < -0.3 is 5.73 Å². The summed E-state index contributed by atoms with van der Waals surface area (Å²) in [5.41, 5.74) is 12.7. The molecule has 0 fully saturated rings. The molecule has 0 saturated carbocycles. The molecule has 16 heavy (non-hydrogen) atoms. The van der Waals surface area contributed by atoms with Crippen LogP contribution in [0.5, 0.6) is 0 Å². The molecular weight excluding hydrogens is 194 g/mol. The lowest BCUT2D eigenvalue weighted by Gasteiger charge is -2.23. The molecule has 2 aliphatic rings. The normalized spacial score (nSPS) is 20.9. The van der Waals surface area contributed by atoms with Crippen LogP contribution in [0, 0.1) is 0 Å². The first-order valence-corrected chi connectivity index (χ1v) is 5.91. The Hall–Kier alpha value is -1.50. The van der Waals surface area contributed by atoms with E-state index in [4.69, 9.17) is 5.73 Å². The Morgan fingerprint density at radius 2 is 2.06 bits per heavy atom. The molecule has 0 aromatic heterocycles. The molecule has 0 aliphatic heterocycles. The zero-order valence-electron chi connectivity index (χ0n) is 9.88. The minimum atomic E-state index is 0.148. The lowest BCUT2D eigenvalue weighted by molar-refractivity contribution is 0.651. The SMILES string of the molecule is CC1(C)C2=C(CCC=C2)c2cc(N)ccc21. The van der Waals surface area contributed by atoms with E-state index in [9.17, 15) is 0 Å². The quantitative estimate of drug-likeness (QED) is 0.651. The van der Waals surface area contributed by atoms with Crippen LogP contribution in [0.15, 0.2) is 35.9 Å². The van der Waals surface area contributed by atoms with Crippen LogP contribution < -0.4 is 5.73 Å². The molecule has 82 valence electrons.